The molecule has 1 rings (SSSR count). The third-order valence-corrected chi connectivity index (χ3v) is 2.09. The van der Waals surface area contributed by atoms with E-state index in [1.165, 1.54) is 13.2 Å². The van der Waals surface area contributed by atoms with Gasteiger partial charge in [0.15, 0.2) is 0 Å². The highest BCUT2D eigenvalue weighted by Gasteiger charge is 2.08. The van der Waals surface area contributed by atoms with Crippen molar-refractivity contribution in [3.8, 4) is 11.8 Å². The molecule has 0 atom stereocenters. The number of hydrogen-bond donors (Lipinski definition) is 0. The minimum absolute atomic E-state index is 0.00648. The molecule has 1 aromatic carbocycles. The summed E-state index contributed by atoms with van der Waals surface area (Å²) in [5, 5.41) is 10.6. The van der Waals surface area contributed by atoms with Crippen molar-refractivity contribution < 1.29 is 14.5 Å². The maximum absolute atomic E-state index is 10.8. The molecular formula is C12H11NO4. The second-order valence-electron chi connectivity index (χ2n) is 3.31. The first-order chi connectivity index (χ1) is 8.04. The van der Waals surface area contributed by atoms with Gasteiger partial charge in [-0.25, -0.2) is 0 Å². The highest BCUT2D eigenvalue weighted by atomic mass is 16.6. The fraction of sp³-hybridized carbons (Fsp3) is 0.250. The highest BCUT2D eigenvalue weighted by Crippen LogP contribution is 2.18. The molecule has 0 heterocycles. The summed E-state index contributed by atoms with van der Waals surface area (Å²) in [7, 11) is 1.29. The van der Waals surface area contributed by atoms with Gasteiger partial charge in [-0.2, -0.15) is 0 Å². The molecule has 17 heavy (non-hydrogen) atoms. The van der Waals surface area contributed by atoms with E-state index < -0.39 is 10.9 Å². The van der Waals surface area contributed by atoms with Crippen LogP contribution in [0.15, 0.2) is 18.2 Å². The summed E-state index contributed by atoms with van der Waals surface area (Å²) in [4.78, 5) is 20.9. The lowest BCUT2D eigenvalue weighted by Gasteiger charge is -1.97. The first-order valence-electron chi connectivity index (χ1n) is 4.85. The Morgan fingerprint density at radius 1 is 1.53 bits per heavy atom. The molecule has 5 nitrogen and oxygen atoms in total. The second kappa shape index (κ2) is 5.66. The van der Waals surface area contributed by atoms with E-state index in [0.29, 0.717) is 11.1 Å². The number of nitro benzene ring substituents is 1. The van der Waals surface area contributed by atoms with Crippen LogP contribution in [0.4, 0.5) is 5.69 Å². The molecule has 0 unspecified atom stereocenters. The van der Waals surface area contributed by atoms with E-state index in [2.05, 4.69) is 16.6 Å². The number of benzene rings is 1. The molecule has 0 aromatic heterocycles. The van der Waals surface area contributed by atoms with Gasteiger partial charge >= 0.3 is 5.97 Å². The van der Waals surface area contributed by atoms with Crippen LogP contribution in [0.2, 0.25) is 0 Å². The van der Waals surface area contributed by atoms with Gasteiger partial charge in [-0.3, -0.25) is 14.9 Å². The van der Waals surface area contributed by atoms with Crippen molar-refractivity contribution in [3.05, 3.63) is 39.4 Å². The van der Waals surface area contributed by atoms with E-state index in [0.717, 1.165) is 0 Å². The molecule has 5 heteroatoms. The monoisotopic (exact) mass is 233 g/mol. The Morgan fingerprint density at radius 3 is 2.76 bits per heavy atom. The normalized spacial score (nSPS) is 9.06. The first-order valence-corrected chi connectivity index (χ1v) is 4.85. The summed E-state index contributed by atoms with van der Waals surface area (Å²) < 4.78 is 4.43. The van der Waals surface area contributed by atoms with Gasteiger partial charge in [0.25, 0.3) is 5.69 Å². The maximum atomic E-state index is 10.8. The zero-order chi connectivity index (χ0) is 12.8. The lowest BCUT2D eigenvalue weighted by molar-refractivity contribution is -0.385. The Hall–Kier alpha value is -2.35. The fourth-order valence-corrected chi connectivity index (χ4v) is 1.23. The van der Waals surface area contributed by atoms with Gasteiger partial charge in [-0.15, -0.1) is 0 Å². The number of aryl methyl sites for hydroxylation is 1. The van der Waals surface area contributed by atoms with Crippen LogP contribution in [0.5, 0.6) is 0 Å². The van der Waals surface area contributed by atoms with Crippen molar-refractivity contribution in [2.45, 2.75) is 13.3 Å². The number of esters is 1. The molecule has 1 aromatic rings. The molecule has 0 bridgehead atoms. The lowest BCUT2D eigenvalue weighted by Crippen LogP contribution is -1.97. The van der Waals surface area contributed by atoms with Crippen LogP contribution >= 0.6 is 0 Å². The molecule has 0 N–H and O–H groups in total. The van der Waals surface area contributed by atoms with Crippen LogP contribution in [-0.2, 0) is 9.53 Å². The second-order valence-corrected chi connectivity index (χ2v) is 3.31. The van der Waals surface area contributed by atoms with Gasteiger partial charge in [0.05, 0.1) is 12.0 Å². The molecule has 0 saturated heterocycles. The van der Waals surface area contributed by atoms with E-state index >= 15 is 0 Å². The fourth-order valence-electron chi connectivity index (χ4n) is 1.23. The Labute approximate surface area is 98.5 Å². The average molecular weight is 233 g/mol. The minimum Gasteiger partial charge on any atom is -0.468 e. The quantitative estimate of drug-likeness (QED) is 0.338. The van der Waals surface area contributed by atoms with Crippen molar-refractivity contribution in [3.63, 3.8) is 0 Å². The number of carbonyl (C=O) groups excluding carboxylic acids is 1. The number of nitro groups is 1. The molecule has 0 aliphatic rings. The first kappa shape index (κ1) is 12.7. The van der Waals surface area contributed by atoms with E-state index in [4.69, 9.17) is 0 Å². The molecule has 0 saturated carbocycles. The van der Waals surface area contributed by atoms with Crippen molar-refractivity contribution >= 4 is 11.7 Å². The summed E-state index contributed by atoms with van der Waals surface area (Å²) >= 11 is 0. The van der Waals surface area contributed by atoms with Crippen LogP contribution < -0.4 is 0 Å². The Kier molecular flexibility index (Phi) is 4.23. The number of hydrogen-bond acceptors (Lipinski definition) is 4. The van der Waals surface area contributed by atoms with Gasteiger partial charge in [0.2, 0.25) is 0 Å². The minimum atomic E-state index is -0.443. The summed E-state index contributed by atoms with van der Waals surface area (Å²) in [5.41, 5.74) is 1.24. The third kappa shape index (κ3) is 3.61. The molecule has 0 fully saturated rings. The van der Waals surface area contributed by atoms with Gasteiger partial charge in [0, 0.05) is 17.2 Å². The number of rotatable bonds is 2. The third-order valence-electron chi connectivity index (χ3n) is 2.09. The summed E-state index contributed by atoms with van der Waals surface area (Å²) in [6, 6.07) is 4.56. The average Bonchev–Trinajstić information content (AvgIpc) is 2.28. The smallest absolute Gasteiger partial charge is 0.317 e. The Bertz CT molecular complexity index is 511. The van der Waals surface area contributed by atoms with Crippen LogP contribution in [0.1, 0.15) is 17.5 Å². The number of ether oxygens (including phenoxy) is 1. The molecular weight excluding hydrogens is 222 g/mol. The predicted molar refractivity (Wildman–Crippen MR) is 61.3 cm³/mol. The van der Waals surface area contributed by atoms with Gasteiger partial charge in [-0.1, -0.05) is 11.8 Å². The number of carbonyl (C=O) groups is 1. The maximum Gasteiger partial charge on any atom is 0.317 e. The summed E-state index contributed by atoms with van der Waals surface area (Å²) in [5.74, 6) is 4.97. The SMILES string of the molecule is COC(=O)CC#Cc1ccc([N+](=O)[O-])c(C)c1. The highest BCUT2D eigenvalue weighted by molar-refractivity contribution is 5.72. The number of nitrogens with zero attached hydrogens (tertiary/aromatic N) is 1. The zero-order valence-electron chi connectivity index (χ0n) is 9.52. The standard InChI is InChI=1S/C12H11NO4/c1-9-8-10(4-3-5-12(14)17-2)6-7-11(9)13(15)16/h6-8H,5H2,1-2H3. The van der Waals surface area contributed by atoms with Crippen molar-refractivity contribution in [1.29, 1.82) is 0 Å². The summed E-state index contributed by atoms with van der Waals surface area (Å²) in [6.07, 6.45) is 0.00648. The van der Waals surface area contributed by atoms with Crippen LogP contribution in [0, 0.1) is 28.9 Å². The lowest BCUT2D eigenvalue weighted by atomic mass is 10.1. The molecule has 0 aliphatic heterocycles. The van der Waals surface area contributed by atoms with Crippen LogP contribution in [-0.4, -0.2) is 18.0 Å². The zero-order valence-corrected chi connectivity index (χ0v) is 9.52. The molecule has 0 aliphatic carbocycles. The van der Waals surface area contributed by atoms with Crippen LogP contribution in [0.25, 0.3) is 0 Å². The largest absolute Gasteiger partial charge is 0.468 e. The van der Waals surface area contributed by atoms with Crippen molar-refractivity contribution in [2.75, 3.05) is 7.11 Å². The van der Waals surface area contributed by atoms with Gasteiger partial charge in [-0.05, 0) is 19.1 Å². The van der Waals surface area contributed by atoms with E-state index in [1.54, 1.807) is 19.1 Å². The van der Waals surface area contributed by atoms with E-state index in [1.807, 2.05) is 0 Å². The van der Waals surface area contributed by atoms with Gasteiger partial charge < -0.3 is 4.74 Å². The van der Waals surface area contributed by atoms with E-state index in [9.17, 15) is 14.9 Å². The number of methoxy groups -OCH3 is 1. The summed E-state index contributed by atoms with van der Waals surface area (Å²) in [6.45, 7) is 1.64. The van der Waals surface area contributed by atoms with Crippen molar-refractivity contribution in [1.82, 2.24) is 0 Å². The van der Waals surface area contributed by atoms with Crippen LogP contribution in [0.3, 0.4) is 0 Å². The molecule has 0 radical (unpaired) electrons. The molecule has 88 valence electrons. The molecule has 0 spiro atoms. The molecule has 0 amide bonds. The van der Waals surface area contributed by atoms with Crippen molar-refractivity contribution in [2.24, 2.45) is 0 Å². The predicted octanol–water partition coefficient (Wildman–Crippen LogP) is 1.82. The topological polar surface area (TPSA) is 69.4 Å². The Balaban J connectivity index is 2.84. The van der Waals surface area contributed by atoms with Gasteiger partial charge in [0.1, 0.15) is 6.42 Å². The van der Waals surface area contributed by atoms with E-state index in [-0.39, 0.29) is 12.1 Å². The Morgan fingerprint density at radius 2 is 2.24 bits per heavy atom.